The van der Waals surface area contributed by atoms with Gasteiger partial charge in [-0.15, -0.1) is 0 Å². The molecule has 0 spiro atoms. The average Bonchev–Trinajstić information content (AvgIpc) is 1.84. The number of carbonyl (C=O) groups is 2. The Morgan fingerprint density at radius 1 is 1.25 bits per heavy atom. The van der Waals surface area contributed by atoms with Crippen molar-refractivity contribution < 1.29 is 22.5 Å². The number of carboxylic acid groups (broad SMARTS) is 2. The molecule has 8 heavy (non-hydrogen) atoms. The van der Waals surface area contributed by atoms with Gasteiger partial charge in [0.1, 0.15) is 0 Å². The van der Waals surface area contributed by atoms with Gasteiger partial charge in [-0.05, 0) is 0 Å². The molecule has 0 saturated heterocycles. The highest BCUT2D eigenvalue weighted by Crippen LogP contribution is 1.85. The van der Waals surface area contributed by atoms with Crippen molar-refractivity contribution in [3.05, 3.63) is 0 Å². The van der Waals surface area contributed by atoms with Gasteiger partial charge in [-0.3, -0.25) is 9.59 Å². The van der Waals surface area contributed by atoms with Gasteiger partial charge in [-0.25, -0.2) is 0 Å². The van der Waals surface area contributed by atoms with Crippen molar-refractivity contribution in [2.45, 2.75) is 12.8 Å². The minimum absolute atomic E-state index is 1.59. The van der Waals surface area contributed by atoms with E-state index < -0.39 is 24.7 Å². The number of hydrogen-bond acceptors (Lipinski definition) is 2. The van der Waals surface area contributed by atoms with E-state index in [2.05, 4.69) is 0 Å². The molecule has 0 aliphatic heterocycles. The Bertz CT molecular complexity index is 139. The van der Waals surface area contributed by atoms with Gasteiger partial charge in [0, 0.05) is 2.74 Å². The van der Waals surface area contributed by atoms with E-state index in [1.807, 2.05) is 0 Å². The topological polar surface area (TPSA) is 74.6 Å². The van der Waals surface area contributed by atoms with Gasteiger partial charge in [0.15, 0.2) is 0 Å². The quantitative estimate of drug-likeness (QED) is 0.513. The summed E-state index contributed by atoms with van der Waals surface area (Å²) >= 11 is 0. The molecule has 0 aliphatic carbocycles. The fourth-order valence-corrected chi connectivity index (χ4v) is 0.143. The molecule has 46 valence electrons. The number of rotatable bonds is 3. The van der Waals surface area contributed by atoms with Crippen LogP contribution in [0.1, 0.15) is 15.5 Å². The molecule has 0 saturated carbocycles. The van der Waals surface area contributed by atoms with Crippen LogP contribution in [0.4, 0.5) is 0 Å². The molecule has 2 unspecified atom stereocenters. The van der Waals surface area contributed by atoms with E-state index in [0.29, 0.717) is 0 Å². The first-order valence-corrected chi connectivity index (χ1v) is 1.77. The number of hydrogen-bond donors (Lipinski definition) is 2. The van der Waals surface area contributed by atoms with Crippen LogP contribution in [0.3, 0.4) is 0 Å². The van der Waals surface area contributed by atoms with Crippen LogP contribution in [-0.2, 0) is 9.59 Å². The van der Waals surface area contributed by atoms with Crippen molar-refractivity contribution >= 4 is 11.9 Å². The Balaban J connectivity index is 4.07. The zero-order valence-corrected chi connectivity index (χ0v) is 3.87. The first kappa shape index (κ1) is 3.88. The van der Waals surface area contributed by atoms with E-state index in [-0.39, 0.29) is 0 Å². The fraction of sp³-hybridized carbons (Fsp3) is 0.500. The summed E-state index contributed by atoms with van der Waals surface area (Å²) in [5, 5.41) is 16.1. The summed E-state index contributed by atoms with van der Waals surface area (Å²) in [7, 11) is 0. The van der Waals surface area contributed by atoms with Crippen molar-refractivity contribution in [2.75, 3.05) is 0 Å². The predicted molar refractivity (Wildman–Crippen MR) is 24.5 cm³/mol. The van der Waals surface area contributed by atoms with E-state index >= 15 is 0 Å². The third-order valence-electron chi connectivity index (χ3n) is 0.368. The summed E-state index contributed by atoms with van der Waals surface area (Å²) in [5.74, 6) is -3.19. The smallest absolute Gasteiger partial charge is 0.303 e. The van der Waals surface area contributed by atoms with Crippen LogP contribution >= 0.6 is 0 Å². The first-order chi connectivity index (χ1) is 4.46. The molecule has 0 heterocycles. The Morgan fingerprint density at radius 3 is 1.62 bits per heavy atom. The fourth-order valence-electron chi connectivity index (χ4n) is 0.143. The van der Waals surface area contributed by atoms with E-state index in [1.165, 1.54) is 0 Å². The lowest BCUT2D eigenvalue weighted by molar-refractivity contribution is -0.143. The summed E-state index contributed by atoms with van der Waals surface area (Å²) in [5.41, 5.74) is 0. The summed E-state index contributed by atoms with van der Waals surface area (Å²) < 4.78 is 13.2. The summed E-state index contributed by atoms with van der Waals surface area (Å²) in [4.78, 5) is 19.7. The van der Waals surface area contributed by atoms with Crippen molar-refractivity contribution in [3.63, 3.8) is 0 Å². The van der Waals surface area contributed by atoms with Crippen molar-refractivity contribution in [2.24, 2.45) is 0 Å². The van der Waals surface area contributed by atoms with Crippen LogP contribution in [0.5, 0.6) is 0 Å². The van der Waals surface area contributed by atoms with Crippen molar-refractivity contribution in [1.29, 1.82) is 0 Å². The molecular weight excluding hydrogens is 113 g/mol. The van der Waals surface area contributed by atoms with Crippen molar-refractivity contribution in [1.82, 2.24) is 0 Å². The lowest BCUT2D eigenvalue weighted by Gasteiger charge is -1.85. The molecule has 2 atom stereocenters. The molecule has 2 N–H and O–H groups in total. The van der Waals surface area contributed by atoms with Gasteiger partial charge in [0.25, 0.3) is 0 Å². The third kappa shape index (κ3) is 4.94. The largest absolute Gasteiger partial charge is 0.481 e. The van der Waals surface area contributed by atoms with Crippen LogP contribution in [-0.4, -0.2) is 22.2 Å². The van der Waals surface area contributed by atoms with Crippen molar-refractivity contribution in [3.8, 4) is 0 Å². The molecule has 0 aliphatic rings. The highest BCUT2D eigenvalue weighted by atomic mass is 16.5. The van der Waals surface area contributed by atoms with E-state index in [1.54, 1.807) is 0 Å². The van der Waals surface area contributed by atoms with Gasteiger partial charge in [0.05, 0.1) is 12.8 Å². The average molecular weight is 121 g/mol. The maximum atomic E-state index is 9.87. The number of carboxylic acids is 2. The van der Waals surface area contributed by atoms with E-state index in [0.717, 1.165) is 0 Å². The Hall–Kier alpha value is -1.06. The molecule has 0 bridgehead atoms. The number of aliphatic carboxylic acids is 2. The van der Waals surface area contributed by atoms with Crippen LogP contribution in [0, 0.1) is 0 Å². The molecule has 0 fully saturated rings. The van der Waals surface area contributed by atoms with Gasteiger partial charge in [-0.2, -0.15) is 0 Å². The van der Waals surface area contributed by atoms with Gasteiger partial charge in [-0.1, -0.05) is 0 Å². The highest BCUT2D eigenvalue weighted by Gasteiger charge is 2.00. The Labute approximate surface area is 48.6 Å². The standard InChI is InChI=1S/C4H6O4/c5-3(6)1-2-4(7)8/h1-2H2,(H,5,6)(H,7,8)/i1D,2D,3+1. The van der Waals surface area contributed by atoms with Crippen LogP contribution in [0.25, 0.3) is 0 Å². The van der Waals surface area contributed by atoms with Crippen LogP contribution in [0.15, 0.2) is 0 Å². The molecule has 0 amide bonds. The van der Waals surface area contributed by atoms with E-state index in [4.69, 9.17) is 13.0 Å². The van der Waals surface area contributed by atoms with Crippen LogP contribution < -0.4 is 0 Å². The highest BCUT2D eigenvalue weighted by molar-refractivity contribution is 5.75. The minimum atomic E-state index is -1.91. The zero-order chi connectivity index (χ0) is 8.31. The third-order valence-corrected chi connectivity index (χ3v) is 0.368. The molecule has 4 heteroatoms. The zero-order valence-electron chi connectivity index (χ0n) is 5.87. The van der Waals surface area contributed by atoms with Gasteiger partial charge < -0.3 is 10.2 Å². The second kappa shape index (κ2) is 3.01. The molecule has 0 aromatic carbocycles. The molecule has 0 aromatic heterocycles. The Kier molecular flexibility index (Phi) is 1.46. The minimum Gasteiger partial charge on any atom is -0.481 e. The predicted octanol–water partition coefficient (Wildman–Crippen LogP) is -0.0642. The molecule has 0 rings (SSSR count). The normalized spacial score (nSPS) is 20.0. The lowest BCUT2D eigenvalue weighted by atomic mass is 10.4. The van der Waals surface area contributed by atoms with Gasteiger partial charge in [0.2, 0.25) is 0 Å². The second-order valence-electron chi connectivity index (χ2n) is 1.01. The molecular formula is C4H6O4. The molecule has 4 nitrogen and oxygen atoms in total. The SMILES string of the molecule is [2H]C(C(=O)O)C([2H])[13C](=O)O. The van der Waals surface area contributed by atoms with Gasteiger partial charge >= 0.3 is 11.9 Å². The van der Waals surface area contributed by atoms with E-state index in [9.17, 15) is 9.59 Å². The summed E-state index contributed by atoms with van der Waals surface area (Å²) in [6, 6.07) is 0. The Morgan fingerprint density at radius 2 is 1.50 bits per heavy atom. The maximum absolute atomic E-state index is 9.87. The van der Waals surface area contributed by atoms with Crippen LogP contribution in [0.2, 0.25) is 0 Å². The monoisotopic (exact) mass is 121 g/mol. The molecule has 0 aromatic rings. The molecule has 0 radical (unpaired) electrons. The second-order valence-corrected chi connectivity index (χ2v) is 1.01. The summed E-state index contributed by atoms with van der Waals surface area (Å²) in [6.07, 6.45) is -3.81. The lowest BCUT2D eigenvalue weighted by Crippen LogP contribution is -2.00. The first-order valence-electron chi connectivity index (χ1n) is 2.92. The maximum Gasteiger partial charge on any atom is 0.303 e. The summed E-state index contributed by atoms with van der Waals surface area (Å²) in [6.45, 7) is 0.